The van der Waals surface area contributed by atoms with Crippen molar-refractivity contribution in [2.45, 2.75) is 24.8 Å². The number of sulfone groups is 1. The maximum atomic E-state index is 12.3. The molecule has 0 fully saturated rings. The van der Waals surface area contributed by atoms with Crippen LogP contribution in [0.1, 0.15) is 18.9 Å². The Morgan fingerprint density at radius 3 is 2.50 bits per heavy atom. The smallest absolute Gasteiger partial charge is 0.191 e. The number of nitrogens with zero attached hydrogens (tertiary/aromatic N) is 1. The molecule has 0 unspecified atom stereocenters. The molecule has 0 amide bonds. The molecule has 0 spiro atoms. The molecule has 2 aromatic carbocycles. The first-order chi connectivity index (χ1) is 14.1. The average Bonchev–Trinajstić information content (AvgIpc) is 2.74. The van der Waals surface area contributed by atoms with Crippen molar-refractivity contribution in [1.82, 2.24) is 10.6 Å². The molecular weight excluding hydrogens is 513 g/mol. The van der Waals surface area contributed by atoms with E-state index in [0.29, 0.717) is 43.5 Å². The molecule has 8 heteroatoms. The van der Waals surface area contributed by atoms with Crippen LogP contribution in [0.3, 0.4) is 0 Å². The lowest BCUT2D eigenvalue weighted by molar-refractivity contribution is 0.359. The lowest BCUT2D eigenvalue weighted by Crippen LogP contribution is -2.38. The van der Waals surface area contributed by atoms with Crippen LogP contribution in [0.2, 0.25) is 0 Å². The SMILES string of the molecule is C=CCOc1ccccc1CN=C(NCC)NCCCS(=O)(=O)c1ccccc1.I. The zero-order valence-electron chi connectivity index (χ0n) is 17.2. The van der Waals surface area contributed by atoms with Crippen LogP contribution in [0.5, 0.6) is 5.75 Å². The van der Waals surface area contributed by atoms with Crippen LogP contribution in [0.25, 0.3) is 0 Å². The molecule has 0 aliphatic carbocycles. The van der Waals surface area contributed by atoms with Gasteiger partial charge in [0.1, 0.15) is 12.4 Å². The lowest BCUT2D eigenvalue weighted by Gasteiger charge is -2.13. The van der Waals surface area contributed by atoms with E-state index in [1.54, 1.807) is 36.4 Å². The topological polar surface area (TPSA) is 79.8 Å². The van der Waals surface area contributed by atoms with Gasteiger partial charge in [0.25, 0.3) is 0 Å². The van der Waals surface area contributed by atoms with Crippen LogP contribution in [-0.4, -0.2) is 39.8 Å². The average molecular weight is 543 g/mol. The van der Waals surface area contributed by atoms with E-state index >= 15 is 0 Å². The van der Waals surface area contributed by atoms with E-state index in [9.17, 15) is 8.42 Å². The fraction of sp³-hybridized carbons (Fsp3) is 0.318. The molecule has 2 aromatic rings. The molecule has 0 saturated heterocycles. The summed E-state index contributed by atoms with van der Waals surface area (Å²) < 4.78 is 30.3. The van der Waals surface area contributed by atoms with E-state index in [2.05, 4.69) is 22.2 Å². The highest BCUT2D eigenvalue weighted by Crippen LogP contribution is 2.18. The number of aliphatic imine (C=N–C) groups is 1. The molecule has 30 heavy (non-hydrogen) atoms. The molecular formula is C22H30IN3O3S. The fourth-order valence-electron chi connectivity index (χ4n) is 2.64. The number of halogens is 1. The third kappa shape index (κ3) is 8.74. The van der Waals surface area contributed by atoms with Crippen molar-refractivity contribution >= 4 is 39.8 Å². The number of para-hydroxylation sites is 1. The van der Waals surface area contributed by atoms with Gasteiger partial charge >= 0.3 is 0 Å². The Kier molecular flexibility index (Phi) is 12.1. The van der Waals surface area contributed by atoms with E-state index in [0.717, 1.165) is 11.3 Å². The van der Waals surface area contributed by atoms with Crippen molar-refractivity contribution < 1.29 is 13.2 Å². The number of rotatable bonds is 11. The van der Waals surface area contributed by atoms with Gasteiger partial charge in [0.2, 0.25) is 0 Å². The van der Waals surface area contributed by atoms with Crippen molar-refractivity contribution in [2.24, 2.45) is 4.99 Å². The van der Waals surface area contributed by atoms with Gasteiger partial charge in [-0.05, 0) is 31.5 Å². The normalized spacial score (nSPS) is 11.3. The van der Waals surface area contributed by atoms with E-state index in [1.165, 1.54) is 0 Å². The Labute approximate surface area is 196 Å². The molecule has 164 valence electrons. The molecule has 0 bridgehead atoms. The van der Waals surface area contributed by atoms with E-state index in [1.807, 2.05) is 31.2 Å². The summed E-state index contributed by atoms with van der Waals surface area (Å²) in [6.45, 7) is 7.76. The van der Waals surface area contributed by atoms with Crippen molar-refractivity contribution in [3.05, 3.63) is 72.8 Å². The highest BCUT2D eigenvalue weighted by Gasteiger charge is 2.13. The zero-order valence-corrected chi connectivity index (χ0v) is 20.4. The van der Waals surface area contributed by atoms with Crippen LogP contribution in [0, 0.1) is 0 Å². The fourth-order valence-corrected chi connectivity index (χ4v) is 3.98. The second-order valence-corrected chi connectivity index (χ2v) is 8.42. The van der Waals surface area contributed by atoms with E-state index in [-0.39, 0.29) is 29.7 Å². The summed E-state index contributed by atoms with van der Waals surface area (Å²) in [6.07, 6.45) is 2.19. The summed E-state index contributed by atoms with van der Waals surface area (Å²) in [7, 11) is -3.27. The molecule has 2 rings (SSSR count). The van der Waals surface area contributed by atoms with Crippen LogP contribution >= 0.6 is 24.0 Å². The second kappa shape index (κ2) is 14.0. The first-order valence-electron chi connectivity index (χ1n) is 9.68. The van der Waals surface area contributed by atoms with Crippen molar-refractivity contribution in [3.8, 4) is 5.75 Å². The molecule has 0 radical (unpaired) electrons. The summed E-state index contributed by atoms with van der Waals surface area (Å²) in [6, 6.07) is 16.3. The van der Waals surface area contributed by atoms with Crippen LogP contribution in [0.4, 0.5) is 0 Å². The number of hydrogen-bond donors (Lipinski definition) is 2. The highest BCUT2D eigenvalue weighted by molar-refractivity contribution is 14.0. The zero-order chi connectivity index (χ0) is 21.0. The summed E-state index contributed by atoms with van der Waals surface area (Å²) >= 11 is 0. The minimum Gasteiger partial charge on any atom is -0.489 e. The summed E-state index contributed by atoms with van der Waals surface area (Å²) in [5.74, 6) is 1.51. The molecule has 0 saturated carbocycles. The van der Waals surface area contributed by atoms with Gasteiger partial charge in [-0.15, -0.1) is 24.0 Å². The number of guanidine groups is 1. The molecule has 0 aliphatic rings. The number of benzene rings is 2. The molecule has 0 aromatic heterocycles. The van der Waals surface area contributed by atoms with Crippen LogP contribution < -0.4 is 15.4 Å². The molecule has 0 heterocycles. The van der Waals surface area contributed by atoms with E-state index in [4.69, 9.17) is 4.74 Å². The van der Waals surface area contributed by atoms with Gasteiger partial charge in [0.15, 0.2) is 15.8 Å². The van der Waals surface area contributed by atoms with Gasteiger partial charge in [0, 0.05) is 18.7 Å². The number of hydrogen-bond acceptors (Lipinski definition) is 4. The van der Waals surface area contributed by atoms with Crippen LogP contribution in [-0.2, 0) is 16.4 Å². The quantitative estimate of drug-likeness (QED) is 0.148. The Morgan fingerprint density at radius 1 is 1.10 bits per heavy atom. The third-order valence-corrected chi connectivity index (χ3v) is 5.88. The minimum absolute atomic E-state index is 0. The molecule has 0 atom stereocenters. The third-order valence-electron chi connectivity index (χ3n) is 4.07. The minimum atomic E-state index is -3.27. The largest absolute Gasteiger partial charge is 0.489 e. The highest BCUT2D eigenvalue weighted by atomic mass is 127. The number of ether oxygens (including phenoxy) is 1. The molecule has 6 nitrogen and oxygen atoms in total. The van der Waals surface area contributed by atoms with Crippen molar-refractivity contribution in [1.29, 1.82) is 0 Å². The van der Waals surface area contributed by atoms with Gasteiger partial charge < -0.3 is 15.4 Å². The standard InChI is InChI=1S/C22H29N3O3S.HI/c1-3-16-28-21-14-9-8-11-19(21)18-25-22(23-4-2)24-15-10-17-29(26,27)20-12-6-5-7-13-20;/h3,5-9,11-14H,1,4,10,15-18H2,2H3,(H2,23,24,25);1H. The Balaban J connectivity index is 0.00000450. The van der Waals surface area contributed by atoms with Crippen molar-refractivity contribution in [3.63, 3.8) is 0 Å². The maximum absolute atomic E-state index is 12.3. The predicted molar refractivity (Wildman–Crippen MR) is 133 cm³/mol. The monoisotopic (exact) mass is 543 g/mol. The first kappa shape index (κ1) is 26.0. The van der Waals surface area contributed by atoms with Gasteiger partial charge in [0.05, 0.1) is 17.2 Å². The second-order valence-electron chi connectivity index (χ2n) is 6.31. The van der Waals surface area contributed by atoms with Gasteiger partial charge in [-0.2, -0.15) is 0 Å². The Hall–Kier alpha value is -2.07. The molecule has 0 aliphatic heterocycles. The summed E-state index contributed by atoms with van der Waals surface area (Å²) in [5, 5.41) is 6.37. The molecule has 2 N–H and O–H groups in total. The summed E-state index contributed by atoms with van der Waals surface area (Å²) in [4.78, 5) is 4.94. The lowest BCUT2D eigenvalue weighted by atomic mass is 10.2. The van der Waals surface area contributed by atoms with Crippen molar-refractivity contribution in [2.75, 3.05) is 25.4 Å². The summed E-state index contributed by atoms with van der Waals surface area (Å²) in [5.41, 5.74) is 0.971. The predicted octanol–water partition coefficient (Wildman–Crippen LogP) is 3.79. The first-order valence-corrected chi connectivity index (χ1v) is 11.3. The number of nitrogens with one attached hydrogen (secondary N) is 2. The Morgan fingerprint density at radius 2 is 1.80 bits per heavy atom. The Bertz CT molecular complexity index is 903. The van der Waals surface area contributed by atoms with Gasteiger partial charge in [-0.1, -0.05) is 49.1 Å². The van der Waals surface area contributed by atoms with Gasteiger partial charge in [-0.25, -0.2) is 13.4 Å². The van der Waals surface area contributed by atoms with E-state index < -0.39 is 9.84 Å². The van der Waals surface area contributed by atoms with Crippen LogP contribution in [0.15, 0.2) is 77.1 Å². The maximum Gasteiger partial charge on any atom is 0.191 e. The van der Waals surface area contributed by atoms with Gasteiger partial charge in [-0.3, -0.25) is 0 Å².